The highest BCUT2D eigenvalue weighted by molar-refractivity contribution is 6.24. The molecule has 4 aliphatic rings. The third-order valence-electron chi connectivity index (χ3n) is 10.0. The average molecular weight is 608 g/mol. The molecule has 5 rings (SSSR count). The number of nitrogens with two attached hydrogens (primary N) is 1. The van der Waals surface area contributed by atoms with E-state index in [-0.39, 0.29) is 29.6 Å². The molecule has 0 radical (unpaired) electrons. The fourth-order valence-corrected chi connectivity index (χ4v) is 7.76. The Morgan fingerprint density at radius 3 is 2.28 bits per heavy atom. The van der Waals surface area contributed by atoms with E-state index in [9.17, 15) is 48.0 Å². The van der Waals surface area contributed by atoms with Crippen molar-refractivity contribution in [3.8, 4) is 5.75 Å². The number of aromatic hydroxyl groups is 1. The molecule has 1 aromatic rings. The van der Waals surface area contributed by atoms with Crippen molar-refractivity contribution < 1.29 is 48.0 Å². The van der Waals surface area contributed by atoms with Crippen LogP contribution in [-0.4, -0.2) is 85.5 Å². The number of alkyl halides is 3. The number of hydrogen-bond donors (Lipinski definition) is 5. The Labute approximate surface area is 246 Å². The van der Waals surface area contributed by atoms with E-state index in [1.807, 2.05) is 18.7 Å². The number of phenolic OH excluding ortho intramolecular Hbond substituents is 1. The Balaban J connectivity index is 1.71. The second-order valence-corrected chi connectivity index (χ2v) is 12.6. The van der Waals surface area contributed by atoms with Crippen LogP contribution in [-0.2, 0) is 33.5 Å². The number of carbonyl (C=O) groups excluding carboxylic acids is 3. The van der Waals surface area contributed by atoms with E-state index in [0.29, 0.717) is 6.54 Å². The molecule has 4 aliphatic carbocycles. The fourth-order valence-electron chi connectivity index (χ4n) is 7.76. The number of aliphatic hydroxyl groups excluding tert-OH is 2. The molecule has 13 heteroatoms. The topological polar surface area (TPSA) is 165 Å². The van der Waals surface area contributed by atoms with Gasteiger partial charge in [0.2, 0.25) is 5.78 Å². The third kappa shape index (κ3) is 4.38. The summed E-state index contributed by atoms with van der Waals surface area (Å²) in [6.07, 6.45) is -3.01. The van der Waals surface area contributed by atoms with Crippen LogP contribution in [0.15, 0.2) is 23.0 Å². The molecule has 2 saturated carbocycles. The molecule has 0 aliphatic heterocycles. The van der Waals surface area contributed by atoms with E-state index < -0.39 is 93.1 Å². The second-order valence-electron chi connectivity index (χ2n) is 12.6. The van der Waals surface area contributed by atoms with Crippen LogP contribution < -0.4 is 5.73 Å². The van der Waals surface area contributed by atoms with E-state index >= 15 is 0 Å². The highest BCUT2D eigenvalue weighted by Gasteiger charge is 2.64. The first-order valence-electron chi connectivity index (χ1n) is 14.2. The summed E-state index contributed by atoms with van der Waals surface area (Å²) >= 11 is 0. The van der Waals surface area contributed by atoms with E-state index in [4.69, 9.17) is 5.73 Å². The lowest BCUT2D eigenvalue weighted by molar-refractivity contribution is -0.153. The van der Waals surface area contributed by atoms with Crippen LogP contribution in [0.1, 0.15) is 61.8 Å². The smallest absolute Gasteiger partial charge is 0.417 e. The van der Waals surface area contributed by atoms with Gasteiger partial charge in [-0.3, -0.25) is 24.2 Å². The number of ketones is 2. The number of hydrogen-bond acceptors (Lipinski definition) is 9. The first-order chi connectivity index (χ1) is 19.9. The lowest BCUT2D eigenvalue weighted by Crippen LogP contribution is -2.65. The zero-order valence-electron chi connectivity index (χ0n) is 24.4. The Bertz CT molecular complexity index is 1490. The largest absolute Gasteiger partial charge is 0.508 e. The number of Topliss-reactive ketones (excluding diaryl/α,β-unsaturated/α-hetero) is 2. The van der Waals surface area contributed by atoms with Crippen molar-refractivity contribution in [1.29, 1.82) is 0 Å². The minimum atomic E-state index is -4.88. The molecule has 0 unspecified atom stereocenters. The number of nitrogens with zero attached hydrogens (tertiary/aromatic N) is 2. The predicted molar refractivity (Wildman–Crippen MR) is 148 cm³/mol. The maximum absolute atomic E-state index is 14.8. The van der Waals surface area contributed by atoms with Gasteiger partial charge in [-0.15, -0.1) is 0 Å². The maximum Gasteiger partial charge on any atom is 0.417 e. The van der Waals surface area contributed by atoms with Crippen LogP contribution in [0.25, 0.3) is 5.76 Å². The first-order valence-corrected chi connectivity index (χ1v) is 14.2. The maximum atomic E-state index is 14.8. The Morgan fingerprint density at radius 2 is 1.79 bits per heavy atom. The molecule has 234 valence electrons. The van der Waals surface area contributed by atoms with Crippen LogP contribution in [0.3, 0.4) is 0 Å². The summed E-state index contributed by atoms with van der Waals surface area (Å²) in [4.78, 5) is 42.5. The van der Waals surface area contributed by atoms with Gasteiger partial charge in [0.15, 0.2) is 11.4 Å². The number of halogens is 3. The van der Waals surface area contributed by atoms with Crippen LogP contribution >= 0.6 is 0 Å². The van der Waals surface area contributed by atoms with Gasteiger partial charge in [-0.05, 0) is 82.8 Å². The molecule has 10 nitrogen and oxygen atoms in total. The monoisotopic (exact) mass is 607 g/mol. The number of carbonyl (C=O) groups is 3. The lowest BCUT2D eigenvalue weighted by atomic mass is 9.57. The van der Waals surface area contributed by atoms with Crippen LogP contribution in [0.4, 0.5) is 13.2 Å². The first kappa shape index (κ1) is 31.0. The zero-order chi connectivity index (χ0) is 32.0. The molecule has 6 N–H and O–H groups in total. The number of benzene rings is 1. The number of aliphatic hydroxyl groups is 3. The Morgan fingerprint density at radius 1 is 1.16 bits per heavy atom. The third-order valence-corrected chi connectivity index (χ3v) is 10.0. The van der Waals surface area contributed by atoms with Crippen molar-refractivity contribution in [2.75, 3.05) is 20.6 Å². The summed E-state index contributed by atoms with van der Waals surface area (Å²) in [5, 5.41) is 44.9. The Kier molecular flexibility index (Phi) is 7.26. The summed E-state index contributed by atoms with van der Waals surface area (Å²) in [7, 11) is 2.89. The van der Waals surface area contributed by atoms with Gasteiger partial charge in [0.1, 0.15) is 22.8 Å². The van der Waals surface area contributed by atoms with Gasteiger partial charge >= 0.3 is 6.18 Å². The van der Waals surface area contributed by atoms with Gasteiger partial charge in [0.05, 0.1) is 17.2 Å². The zero-order valence-corrected chi connectivity index (χ0v) is 24.4. The van der Waals surface area contributed by atoms with Crippen molar-refractivity contribution in [2.24, 2.45) is 17.6 Å². The van der Waals surface area contributed by atoms with Crippen molar-refractivity contribution in [1.82, 2.24) is 9.80 Å². The van der Waals surface area contributed by atoms with E-state index in [0.717, 1.165) is 25.3 Å². The van der Waals surface area contributed by atoms with Gasteiger partial charge in [-0.25, -0.2) is 0 Å². The van der Waals surface area contributed by atoms with Gasteiger partial charge in [-0.1, -0.05) is 6.92 Å². The summed E-state index contributed by atoms with van der Waals surface area (Å²) in [5.74, 6) is -8.96. The van der Waals surface area contributed by atoms with Crippen molar-refractivity contribution in [2.45, 2.75) is 75.9 Å². The minimum Gasteiger partial charge on any atom is -0.508 e. The van der Waals surface area contributed by atoms with Gasteiger partial charge in [-0.2, -0.15) is 13.2 Å². The number of amides is 1. The highest BCUT2D eigenvalue weighted by atomic mass is 19.4. The number of likely N-dealkylation sites (N-methyl/N-ethyl adjacent to an activating group) is 1. The molecule has 1 aromatic carbocycles. The number of fused-ring (bicyclic) bond motifs is 3. The van der Waals surface area contributed by atoms with Crippen molar-refractivity contribution >= 4 is 23.2 Å². The predicted octanol–water partition coefficient (Wildman–Crippen LogP) is 2.75. The van der Waals surface area contributed by atoms with Crippen molar-refractivity contribution in [3.63, 3.8) is 0 Å². The molecule has 0 spiro atoms. The SMILES string of the molecule is CCN(Cc1cc(O)c2c(c1C(F)(F)F)C[C@H]1C[C@H]3[C@H](N(C)C)C(=O)C(C(N)=O)=C(O)[C@@]3(O)C(=O)C1=C2O)C1(C)CCC1. The molecule has 1 amide bonds. The summed E-state index contributed by atoms with van der Waals surface area (Å²) < 4.78 is 44.5. The van der Waals surface area contributed by atoms with Gasteiger partial charge < -0.3 is 26.2 Å². The van der Waals surface area contributed by atoms with Crippen LogP contribution in [0.5, 0.6) is 5.75 Å². The summed E-state index contributed by atoms with van der Waals surface area (Å²) in [6.45, 7) is 4.21. The molecule has 0 heterocycles. The quantitative estimate of drug-likeness (QED) is 0.306. The highest BCUT2D eigenvalue weighted by Crippen LogP contribution is 2.54. The molecule has 0 saturated heterocycles. The summed E-state index contributed by atoms with van der Waals surface area (Å²) in [6, 6.07) is -0.376. The van der Waals surface area contributed by atoms with E-state index in [1.165, 1.54) is 19.0 Å². The molecule has 0 bridgehead atoms. The number of phenols is 1. The van der Waals surface area contributed by atoms with Gasteiger partial charge in [0.25, 0.3) is 5.91 Å². The minimum absolute atomic E-state index is 0.0994. The standard InChI is InChI=1S/C30H36F3N3O7/c1-5-36(28(2)7-6-8-28)12-14-11-17(37)19-15(21(14)30(31,32)33)9-13-10-16-22(35(3)4)24(39)20(27(34)42)26(41)29(16,43)25(40)18(13)23(19)38/h11,13,16,22,37-38,41,43H,5-10,12H2,1-4H3,(H2,34,42)/t13-,16-,22-,29-/m0/s1. The second kappa shape index (κ2) is 10.1. The molecular weight excluding hydrogens is 571 g/mol. The van der Waals surface area contributed by atoms with E-state index in [2.05, 4.69) is 0 Å². The summed E-state index contributed by atoms with van der Waals surface area (Å²) in [5.41, 5.74) is -1.45. The Hall–Kier alpha value is -3.42. The van der Waals surface area contributed by atoms with Crippen molar-refractivity contribution in [3.05, 3.63) is 45.2 Å². The van der Waals surface area contributed by atoms with Gasteiger partial charge in [0, 0.05) is 23.6 Å². The molecule has 4 atom stereocenters. The molecular formula is C30H36F3N3O7. The average Bonchev–Trinajstić information content (AvgIpc) is 2.86. The number of primary amides is 1. The lowest BCUT2D eigenvalue weighted by Gasteiger charge is -2.50. The number of rotatable bonds is 6. The van der Waals surface area contributed by atoms with E-state index in [1.54, 1.807) is 0 Å². The molecule has 2 fully saturated rings. The normalized spacial score (nSPS) is 28.6. The van der Waals surface area contributed by atoms with Crippen LogP contribution in [0.2, 0.25) is 0 Å². The van der Waals surface area contributed by atoms with Crippen LogP contribution in [0, 0.1) is 11.8 Å². The molecule has 43 heavy (non-hydrogen) atoms. The molecule has 0 aromatic heterocycles. The fraction of sp³-hybridized carbons (Fsp3) is 0.567.